The number of hydrogen-bond acceptors (Lipinski definition) is 12. The molecule has 376 valence electrons. The Hall–Kier alpha value is -5.99. The highest BCUT2D eigenvalue weighted by Crippen LogP contribution is 2.43. The summed E-state index contributed by atoms with van der Waals surface area (Å²) in [7, 11) is 0. The van der Waals surface area contributed by atoms with Gasteiger partial charge in [0.1, 0.15) is 41.7 Å². The molecule has 1 aromatic carbocycles. The fourth-order valence-corrected chi connectivity index (χ4v) is 7.27. The van der Waals surface area contributed by atoms with Crippen molar-refractivity contribution in [3.8, 4) is 11.5 Å². The number of carboxylic acid groups (broad SMARTS) is 1. The van der Waals surface area contributed by atoms with Crippen LogP contribution in [0.1, 0.15) is 111 Å². The molecule has 0 radical (unpaired) electrons. The van der Waals surface area contributed by atoms with Crippen LogP contribution in [0.25, 0.3) is 0 Å². The maximum Gasteiger partial charge on any atom is 0.328 e. The first-order valence-electron chi connectivity index (χ1n) is 22.8. The second-order valence-electron chi connectivity index (χ2n) is 18.7. The van der Waals surface area contributed by atoms with Crippen LogP contribution in [-0.2, 0) is 49.6 Å². The Morgan fingerprint density at radius 1 is 0.597 bits per heavy atom. The van der Waals surface area contributed by atoms with E-state index in [9.17, 15) is 58.5 Å². The van der Waals surface area contributed by atoms with E-state index in [2.05, 4.69) is 42.5 Å². The molecule has 1 aliphatic rings. The Kier molecular flexibility index (Phi) is 21.1. The SMILES string of the molecule is CC[C@H](C)[C@H](NC(=O)[C@@H](NC(=O)[C@@H](NC(=O)CNC(=O)CNC(=O)[C@@H](NC(=O)C1(C)CCc2c(C)c(O)c(C)c(C)c2O1)C(C)C)C(C)C)C(C)C)C(=O)N[C@@H](C)C(=O)N[C@H](C(=O)O)[C@@H](C)O. The maximum atomic E-state index is 13.7. The first-order valence-corrected chi connectivity index (χ1v) is 22.8. The zero-order chi connectivity index (χ0) is 51.4. The highest BCUT2D eigenvalue weighted by Gasteiger charge is 2.43. The topological polar surface area (TPSA) is 320 Å². The van der Waals surface area contributed by atoms with Crippen LogP contribution in [0.15, 0.2) is 0 Å². The number of carbonyl (C=O) groups is 9. The van der Waals surface area contributed by atoms with E-state index in [0.717, 1.165) is 5.56 Å². The molecule has 0 fully saturated rings. The average Bonchev–Trinajstić information content (AvgIpc) is 3.25. The minimum Gasteiger partial charge on any atom is -0.507 e. The van der Waals surface area contributed by atoms with Gasteiger partial charge in [-0.1, -0.05) is 61.8 Å². The number of amides is 8. The molecule has 1 aliphatic heterocycles. The van der Waals surface area contributed by atoms with Crippen LogP contribution in [0.4, 0.5) is 0 Å². The fraction of sp³-hybridized carbons (Fsp3) is 0.674. The van der Waals surface area contributed by atoms with E-state index in [4.69, 9.17) is 4.74 Å². The molecule has 0 saturated carbocycles. The summed E-state index contributed by atoms with van der Waals surface area (Å²) in [4.78, 5) is 118. The number of aliphatic hydroxyl groups excluding tert-OH is 1. The van der Waals surface area contributed by atoms with E-state index in [1.807, 2.05) is 0 Å². The summed E-state index contributed by atoms with van der Waals surface area (Å²) in [5.41, 5.74) is 1.53. The highest BCUT2D eigenvalue weighted by atomic mass is 16.5. The smallest absolute Gasteiger partial charge is 0.328 e. The molecule has 0 spiro atoms. The number of benzene rings is 1. The van der Waals surface area contributed by atoms with Gasteiger partial charge in [0, 0.05) is 12.0 Å². The zero-order valence-electron chi connectivity index (χ0n) is 41.3. The van der Waals surface area contributed by atoms with Gasteiger partial charge in [-0.2, -0.15) is 0 Å². The molecule has 1 aromatic rings. The summed E-state index contributed by atoms with van der Waals surface area (Å²) in [6, 6.07) is -7.48. The second-order valence-corrected chi connectivity index (χ2v) is 18.7. The quantitative estimate of drug-likeness (QED) is 0.0692. The molecule has 21 nitrogen and oxygen atoms in total. The fourth-order valence-electron chi connectivity index (χ4n) is 7.27. The maximum absolute atomic E-state index is 13.7. The normalized spacial score (nSPS) is 18.0. The van der Waals surface area contributed by atoms with Gasteiger partial charge in [-0.25, -0.2) is 4.79 Å². The first-order chi connectivity index (χ1) is 31.0. The third-order valence-electron chi connectivity index (χ3n) is 12.2. The molecular weight excluding hydrogens is 873 g/mol. The number of ether oxygens (including phenoxy) is 1. The summed E-state index contributed by atoms with van der Waals surface area (Å²) in [5, 5.41) is 49.7. The van der Waals surface area contributed by atoms with Crippen LogP contribution in [0, 0.1) is 44.4 Å². The predicted molar refractivity (Wildman–Crippen MR) is 246 cm³/mol. The number of aromatic hydroxyl groups is 1. The number of carbonyl (C=O) groups excluding carboxylic acids is 8. The predicted octanol–water partition coefficient (Wildman–Crippen LogP) is 0.0418. The van der Waals surface area contributed by atoms with Crippen LogP contribution in [0.5, 0.6) is 11.5 Å². The lowest BCUT2D eigenvalue weighted by atomic mass is 9.86. The molecule has 0 aromatic heterocycles. The number of carboxylic acids is 1. The van der Waals surface area contributed by atoms with E-state index >= 15 is 0 Å². The summed E-state index contributed by atoms with van der Waals surface area (Å²) in [6.45, 7) is 21.9. The lowest BCUT2D eigenvalue weighted by Crippen LogP contribution is -2.61. The molecule has 21 heteroatoms. The standard InChI is InChI=1S/C46H74N8O13/c1-15-23(8)35(43(63)49-27(12)39(59)53-36(28(13)55)44(64)65)52-42(62)34(22(6)7)51-41(61)33(21(4)5)50-31(57)19-47-30(56)18-48-40(60)32(20(2)3)54-45(66)46(14)17-16-29-26(11)37(58)24(9)25(10)38(29)67-46/h20-23,27-28,32-36,55,58H,15-19H2,1-14H3,(H,47,56)(H,48,60)(H,49,63)(H,50,57)(H,51,61)(H,52,62)(H,53,59)(H,54,66)(H,64,65)/t23-,27-,28+,32-,33-,34-,35-,36-,46?/m0/s1. The molecule has 2 rings (SSSR count). The minimum atomic E-state index is -1.62. The minimum absolute atomic E-state index is 0.185. The van der Waals surface area contributed by atoms with Crippen molar-refractivity contribution < 1.29 is 63.2 Å². The average molecular weight is 947 g/mol. The van der Waals surface area contributed by atoms with Gasteiger partial charge < -0.3 is 62.6 Å². The van der Waals surface area contributed by atoms with Crippen molar-refractivity contribution in [1.29, 1.82) is 0 Å². The van der Waals surface area contributed by atoms with Crippen molar-refractivity contribution in [3.63, 3.8) is 0 Å². The zero-order valence-corrected chi connectivity index (χ0v) is 41.3. The number of rotatable bonds is 23. The van der Waals surface area contributed by atoms with Gasteiger partial charge in [0.05, 0.1) is 19.2 Å². The van der Waals surface area contributed by atoms with Gasteiger partial charge >= 0.3 is 5.97 Å². The van der Waals surface area contributed by atoms with Crippen LogP contribution >= 0.6 is 0 Å². The monoisotopic (exact) mass is 947 g/mol. The van der Waals surface area contributed by atoms with Crippen molar-refractivity contribution in [2.45, 2.75) is 164 Å². The number of hydrogen-bond donors (Lipinski definition) is 11. The molecule has 11 N–H and O–H groups in total. The number of fused-ring (bicyclic) bond motifs is 1. The summed E-state index contributed by atoms with van der Waals surface area (Å²) < 4.78 is 6.26. The van der Waals surface area contributed by atoms with Crippen molar-refractivity contribution in [2.75, 3.05) is 13.1 Å². The Balaban J connectivity index is 2.02. The number of phenols is 1. The van der Waals surface area contributed by atoms with Gasteiger partial charge in [0.15, 0.2) is 11.6 Å². The molecule has 0 aliphatic carbocycles. The third-order valence-corrected chi connectivity index (χ3v) is 12.2. The summed E-state index contributed by atoms with van der Waals surface area (Å²) in [5.74, 6) is -8.39. The molecule has 9 atom stereocenters. The molecule has 0 saturated heterocycles. The second kappa shape index (κ2) is 24.7. The van der Waals surface area contributed by atoms with E-state index in [0.29, 0.717) is 35.3 Å². The van der Waals surface area contributed by atoms with E-state index in [-0.39, 0.29) is 12.2 Å². The van der Waals surface area contributed by atoms with Crippen LogP contribution in [0.3, 0.4) is 0 Å². The highest BCUT2D eigenvalue weighted by molar-refractivity contribution is 5.97. The Morgan fingerprint density at radius 2 is 1.07 bits per heavy atom. The molecule has 0 bridgehead atoms. The van der Waals surface area contributed by atoms with Gasteiger partial charge in [0.25, 0.3) is 5.91 Å². The van der Waals surface area contributed by atoms with E-state index in [1.165, 1.54) is 13.8 Å². The third kappa shape index (κ3) is 15.3. The lowest BCUT2D eigenvalue weighted by molar-refractivity contribution is -0.145. The Morgan fingerprint density at radius 3 is 1.58 bits per heavy atom. The van der Waals surface area contributed by atoms with E-state index < -0.39 is 138 Å². The summed E-state index contributed by atoms with van der Waals surface area (Å²) >= 11 is 0. The lowest BCUT2D eigenvalue weighted by Gasteiger charge is -2.37. The van der Waals surface area contributed by atoms with Crippen LogP contribution in [-0.4, -0.2) is 130 Å². The Bertz CT molecular complexity index is 2020. The molecular formula is C46H74N8O13. The van der Waals surface area contributed by atoms with Crippen molar-refractivity contribution in [1.82, 2.24) is 42.5 Å². The molecule has 8 amide bonds. The number of nitrogens with one attached hydrogen (secondary N) is 8. The van der Waals surface area contributed by atoms with Gasteiger partial charge in [-0.05, 0) is 88.3 Å². The van der Waals surface area contributed by atoms with Crippen molar-refractivity contribution in [3.05, 3.63) is 22.3 Å². The first kappa shape index (κ1) is 57.1. The largest absolute Gasteiger partial charge is 0.507 e. The van der Waals surface area contributed by atoms with E-state index in [1.54, 1.807) is 83.1 Å². The molecule has 1 heterocycles. The molecule has 67 heavy (non-hydrogen) atoms. The van der Waals surface area contributed by atoms with Crippen LogP contribution in [0.2, 0.25) is 0 Å². The van der Waals surface area contributed by atoms with Gasteiger partial charge in [-0.15, -0.1) is 0 Å². The van der Waals surface area contributed by atoms with Crippen LogP contribution < -0.4 is 47.3 Å². The molecule has 1 unspecified atom stereocenters. The van der Waals surface area contributed by atoms with Gasteiger partial charge in [-0.3, -0.25) is 38.4 Å². The number of aliphatic hydroxyl groups is 1. The number of phenolic OH excluding ortho intramolecular Hbond substituents is 1. The summed E-state index contributed by atoms with van der Waals surface area (Å²) in [6.07, 6.45) is -0.256. The number of aliphatic carboxylic acids is 1. The van der Waals surface area contributed by atoms with Crippen molar-refractivity contribution >= 4 is 53.2 Å². The van der Waals surface area contributed by atoms with Crippen molar-refractivity contribution in [2.24, 2.45) is 23.7 Å². The Labute approximate surface area is 392 Å². The van der Waals surface area contributed by atoms with Gasteiger partial charge in [0.2, 0.25) is 41.4 Å².